The summed E-state index contributed by atoms with van der Waals surface area (Å²) in [5.41, 5.74) is 3.37. The molecular weight excluding hydrogens is 292 g/mol. The van der Waals surface area contributed by atoms with Crippen molar-refractivity contribution in [3.05, 3.63) is 23.0 Å². The second-order valence-electron chi connectivity index (χ2n) is 6.23. The largest absolute Gasteiger partial charge is 0.385 e. The summed E-state index contributed by atoms with van der Waals surface area (Å²) in [5, 5.41) is 8.31. The van der Waals surface area contributed by atoms with Gasteiger partial charge in [0.05, 0.1) is 16.6 Å². The third-order valence-corrected chi connectivity index (χ3v) is 4.29. The lowest BCUT2D eigenvalue weighted by Crippen LogP contribution is -2.25. The van der Waals surface area contributed by atoms with E-state index in [0.717, 1.165) is 54.7 Å². The Morgan fingerprint density at radius 2 is 2.22 bits per heavy atom. The van der Waals surface area contributed by atoms with Gasteiger partial charge >= 0.3 is 0 Å². The Balaban J connectivity index is 1.84. The number of aromatic nitrogens is 3. The first kappa shape index (κ1) is 15.9. The predicted octanol–water partition coefficient (Wildman–Crippen LogP) is 2.31. The topological polar surface area (TPSA) is 69.0 Å². The van der Waals surface area contributed by atoms with Crippen molar-refractivity contribution in [1.29, 1.82) is 0 Å². The molecule has 3 rings (SSSR count). The average molecular weight is 316 g/mol. The fourth-order valence-corrected chi connectivity index (χ4v) is 2.90. The summed E-state index contributed by atoms with van der Waals surface area (Å²) in [7, 11) is 3.57. The molecule has 0 unspecified atom stereocenters. The summed E-state index contributed by atoms with van der Waals surface area (Å²) >= 11 is 0. The van der Waals surface area contributed by atoms with Crippen LogP contribution in [0.15, 0.2) is 6.07 Å². The van der Waals surface area contributed by atoms with Crippen LogP contribution in [0.2, 0.25) is 0 Å². The minimum absolute atomic E-state index is 0.0344. The maximum Gasteiger partial charge on any atom is 0.252 e. The van der Waals surface area contributed by atoms with Crippen LogP contribution in [0.4, 0.5) is 0 Å². The van der Waals surface area contributed by atoms with Crippen molar-refractivity contribution in [2.75, 3.05) is 20.3 Å². The smallest absolute Gasteiger partial charge is 0.252 e. The fourth-order valence-electron chi connectivity index (χ4n) is 2.90. The van der Waals surface area contributed by atoms with Gasteiger partial charge in [-0.05, 0) is 38.7 Å². The van der Waals surface area contributed by atoms with Crippen molar-refractivity contribution in [3.8, 4) is 0 Å². The van der Waals surface area contributed by atoms with Gasteiger partial charge in [-0.1, -0.05) is 0 Å². The minimum Gasteiger partial charge on any atom is -0.385 e. The predicted molar refractivity (Wildman–Crippen MR) is 88.7 cm³/mol. The first-order valence-corrected chi connectivity index (χ1v) is 8.23. The molecule has 1 fully saturated rings. The lowest BCUT2D eigenvalue weighted by Gasteiger charge is -2.09. The van der Waals surface area contributed by atoms with E-state index < -0.39 is 0 Å². The average Bonchev–Trinajstić information content (AvgIpc) is 3.34. The molecule has 1 aliphatic carbocycles. The number of nitrogens with zero attached hydrogens (tertiary/aromatic N) is 3. The van der Waals surface area contributed by atoms with Gasteiger partial charge in [0.25, 0.3) is 5.91 Å². The van der Waals surface area contributed by atoms with Gasteiger partial charge in [0.15, 0.2) is 5.65 Å². The number of fused-ring (bicyclic) bond motifs is 1. The standard InChI is InChI=1S/C17H24N4O2/c1-11-15-13(17(22)18-8-4-5-9-23-3)10-14(12-6-7-12)19-16(15)21(2)20-11/h10,12H,4-9H2,1-3H3,(H,18,22). The molecule has 6 heteroatoms. The van der Waals surface area contributed by atoms with E-state index in [-0.39, 0.29) is 5.91 Å². The van der Waals surface area contributed by atoms with Gasteiger partial charge < -0.3 is 10.1 Å². The van der Waals surface area contributed by atoms with Crippen LogP contribution in [-0.2, 0) is 11.8 Å². The maximum atomic E-state index is 12.6. The monoisotopic (exact) mass is 316 g/mol. The molecule has 0 bridgehead atoms. The zero-order valence-corrected chi connectivity index (χ0v) is 14.1. The summed E-state index contributed by atoms with van der Waals surface area (Å²) in [6, 6.07) is 1.96. The van der Waals surface area contributed by atoms with Crippen molar-refractivity contribution in [2.24, 2.45) is 7.05 Å². The van der Waals surface area contributed by atoms with E-state index in [9.17, 15) is 4.79 Å². The minimum atomic E-state index is -0.0344. The molecule has 2 heterocycles. The van der Waals surface area contributed by atoms with Crippen molar-refractivity contribution in [1.82, 2.24) is 20.1 Å². The second kappa shape index (κ2) is 6.66. The number of hydrogen-bond acceptors (Lipinski definition) is 4. The highest BCUT2D eigenvalue weighted by atomic mass is 16.5. The Kier molecular flexibility index (Phi) is 4.61. The van der Waals surface area contributed by atoms with Crippen LogP contribution in [0.25, 0.3) is 11.0 Å². The van der Waals surface area contributed by atoms with Gasteiger partial charge in [-0.25, -0.2) is 4.98 Å². The number of hydrogen-bond donors (Lipinski definition) is 1. The number of pyridine rings is 1. The van der Waals surface area contributed by atoms with E-state index in [1.54, 1.807) is 11.8 Å². The lowest BCUT2D eigenvalue weighted by atomic mass is 10.1. The van der Waals surface area contributed by atoms with Gasteiger partial charge in [-0.3, -0.25) is 9.48 Å². The zero-order chi connectivity index (χ0) is 16.4. The molecule has 0 aromatic carbocycles. The Hall–Kier alpha value is -1.95. The molecule has 0 radical (unpaired) electrons. The third kappa shape index (κ3) is 3.37. The number of ether oxygens (including phenoxy) is 1. The quantitative estimate of drug-likeness (QED) is 0.796. The van der Waals surface area contributed by atoms with Crippen LogP contribution in [0.3, 0.4) is 0 Å². The molecule has 1 N–H and O–H groups in total. The van der Waals surface area contributed by atoms with Gasteiger partial charge in [-0.15, -0.1) is 0 Å². The molecule has 0 aliphatic heterocycles. The summed E-state index contributed by atoms with van der Waals surface area (Å²) in [6.07, 6.45) is 4.18. The molecule has 6 nitrogen and oxygen atoms in total. The Morgan fingerprint density at radius 1 is 1.43 bits per heavy atom. The molecule has 2 aromatic heterocycles. The van der Waals surface area contributed by atoms with Gasteiger partial charge in [0.1, 0.15) is 0 Å². The number of carbonyl (C=O) groups is 1. The van der Waals surface area contributed by atoms with Gasteiger partial charge in [-0.2, -0.15) is 5.10 Å². The number of amides is 1. The number of nitrogens with one attached hydrogen (secondary N) is 1. The summed E-state index contributed by atoms with van der Waals surface area (Å²) in [6.45, 7) is 3.31. The van der Waals surface area contributed by atoms with Crippen molar-refractivity contribution in [2.45, 2.75) is 38.5 Å². The van der Waals surface area contributed by atoms with Crippen LogP contribution in [0.5, 0.6) is 0 Å². The van der Waals surface area contributed by atoms with E-state index in [1.807, 2.05) is 20.0 Å². The highest BCUT2D eigenvalue weighted by molar-refractivity contribution is 6.06. The Morgan fingerprint density at radius 3 is 2.91 bits per heavy atom. The van der Waals surface area contributed by atoms with Crippen molar-refractivity contribution in [3.63, 3.8) is 0 Å². The molecule has 0 spiro atoms. The fraction of sp³-hybridized carbons (Fsp3) is 0.588. The van der Waals surface area contributed by atoms with E-state index in [1.165, 1.54) is 0 Å². The second-order valence-corrected chi connectivity index (χ2v) is 6.23. The lowest BCUT2D eigenvalue weighted by molar-refractivity contribution is 0.0953. The molecule has 0 atom stereocenters. The van der Waals surface area contributed by atoms with Crippen LogP contribution < -0.4 is 5.32 Å². The van der Waals surface area contributed by atoms with Gasteiger partial charge in [0, 0.05) is 38.9 Å². The number of rotatable bonds is 7. The Bertz CT molecular complexity index is 719. The summed E-state index contributed by atoms with van der Waals surface area (Å²) in [4.78, 5) is 17.4. The molecular formula is C17H24N4O2. The highest BCUT2D eigenvalue weighted by Gasteiger charge is 2.28. The summed E-state index contributed by atoms with van der Waals surface area (Å²) < 4.78 is 6.80. The molecule has 0 saturated heterocycles. The van der Waals surface area contributed by atoms with Crippen LogP contribution in [-0.4, -0.2) is 40.9 Å². The first-order valence-electron chi connectivity index (χ1n) is 8.23. The molecule has 1 saturated carbocycles. The Labute approximate surface area is 136 Å². The SMILES string of the molecule is COCCCCNC(=O)c1cc(C2CC2)nc2c1c(C)nn2C. The third-order valence-electron chi connectivity index (χ3n) is 4.29. The number of methoxy groups -OCH3 is 1. The highest BCUT2D eigenvalue weighted by Crippen LogP contribution is 2.40. The zero-order valence-electron chi connectivity index (χ0n) is 14.1. The van der Waals surface area contributed by atoms with Crippen LogP contribution >= 0.6 is 0 Å². The number of carbonyl (C=O) groups excluding carboxylic acids is 1. The van der Waals surface area contributed by atoms with E-state index in [0.29, 0.717) is 18.0 Å². The van der Waals surface area contributed by atoms with Crippen molar-refractivity contribution < 1.29 is 9.53 Å². The molecule has 2 aromatic rings. The first-order chi connectivity index (χ1) is 11.1. The number of aryl methyl sites for hydroxylation is 2. The molecule has 1 aliphatic rings. The van der Waals surface area contributed by atoms with E-state index >= 15 is 0 Å². The van der Waals surface area contributed by atoms with E-state index in [2.05, 4.69) is 10.4 Å². The number of unbranched alkanes of at least 4 members (excludes halogenated alkanes) is 1. The molecule has 1 amide bonds. The van der Waals surface area contributed by atoms with Crippen LogP contribution in [0, 0.1) is 6.92 Å². The maximum absolute atomic E-state index is 12.6. The van der Waals surface area contributed by atoms with Crippen molar-refractivity contribution >= 4 is 16.9 Å². The normalized spacial score (nSPS) is 14.4. The van der Waals surface area contributed by atoms with E-state index in [4.69, 9.17) is 9.72 Å². The molecule has 124 valence electrons. The molecule has 23 heavy (non-hydrogen) atoms. The summed E-state index contributed by atoms with van der Waals surface area (Å²) in [5.74, 6) is 0.468. The van der Waals surface area contributed by atoms with Gasteiger partial charge in [0.2, 0.25) is 0 Å². The van der Waals surface area contributed by atoms with Crippen LogP contribution in [0.1, 0.15) is 53.3 Å².